The number of hydrogen-bond acceptors (Lipinski definition) is 7. The molecule has 0 aliphatic carbocycles. The van der Waals surface area contributed by atoms with Crippen LogP contribution < -0.4 is 5.73 Å². The van der Waals surface area contributed by atoms with Crippen LogP contribution in [0, 0.1) is 0 Å². The lowest BCUT2D eigenvalue weighted by Gasteiger charge is -2.26. The number of ether oxygens (including phenoxy) is 1. The van der Waals surface area contributed by atoms with Crippen LogP contribution in [0.1, 0.15) is 0 Å². The van der Waals surface area contributed by atoms with Crippen LogP contribution in [0.4, 0.5) is 5.82 Å². The number of imidazole rings is 1. The zero-order valence-corrected chi connectivity index (χ0v) is 11.5. The van der Waals surface area contributed by atoms with Gasteiger partial charge in [0.25, 0.3) is 0 Å². The number of hydrogen-bond donors (Lipinski definition) is 3. The highest BCUT2D eigenvalue weighted by Gasteiger charge is 2.55. The third-order valence-corrected chi connectivity index (χ3v) is 4.38. The molecule has 0 amide bonds. The van der Waals surface area contributed by atoms with Crippen molar-refractivity contribution in [2.45, 2.75) is 22.8 Å². The summed E-state index contributed by atoms with van der Waals surface area (Å²) in [7, 11) is 0. The molecule has 0 radical (unpaired) electrons. The van der Waals surface area contributed by atoms with Crippen molar-refractivity contribution >= 4 is 40.2 Å². The van der Waals surface area contributed by atoms with E-state index in [1.165, 1.54) is 17.2 Å². The Morgan fingerprint density at radius 3 is 2.85 bits per heavy atom. The Bertz CT molecular complexity index is 653. The number of halogens is 2. The fourth-order valence-electron chi connectivity index (χ4n) is 2.16. The summed E-state index contributed by atoms with van der Waals surface area (Å²) in [4.78, 5) is 11.9. The summed E-state index contributed by atoms with van der Waals surface area (Å²) >= 11 is 12.5. The van der Waals surface area contributed by atoms with Crippen molar-refractivity contribution in [2.75, 3.05) is 12.3 Å². The van der Waals surface area contributed by atoms with E-state index in [2.05, 4.69) is 15.0 Å². The molecule has 0 unspecified atom stereocenters. The van der Waals surface area contributed by atoms with Crippen molar-refractivity contribution in [3.05, 3.63) is 12.7 Å². The normalized spacial score (nSPS) is 33.9. The molecule has 0 saturated carbocycles. The monoisotopic (exact) mass is 319 g/mol. The summed E-state index contributed by atoms with van der Waals surface area (Å²) in [5, 5.41) is 16.5. The number of fused-ring (bicyclic) bond motifs is 1. The molecule has 2 aromatic rings. The predicted molar refractivity (Wildman–Crippen MR) is 71.2 cm³/mol. The third kappa shape index (κ3) is 1.76. The second kappa shape index (κ2) is 4.68. The van der Waals surface area contributed by atoms with Crippen molar-refractivity contribution in [3.8, 4) is 0 Å². The van der Waals surface area contributed by atoms with Gasteiger partial charge in [-0.1, -0.05) is 11.6 Å². The van der Waals surface area contributed by atoms with Gasteiger partial charge in [0.2, 0.25) is 5.18 Å². The first-order valence-corrected chi connectivity index (χ1v) is 6.54. The summed E-state index contributed by atoms with van der Waals surface area (Å²) < 4.78 is 6.83. The Morgan fingerprint density at radius 2 is 2.20 bits per heavy atom. The van der Waals surface area contributed by atoms with Crippen LogP contribution in [0.3, 0.4) is 0 Å². The summed E-state index contributed by atoms with van der Waals surface area (Å²) in [5.74, 6) is 0.192. The summed E-state index contributed by atoms with van der Waals surface area (Å²) in [6.45, 7) is -0.414. The van der Waals surface area contributed by atoms with Crippen molar-refractivity contribution in [3.63, 3.8) is 0 Å². The van der Waals surface area contributed by atoms with Gasteiger partial charge in [-0.15, -0.1) is 11.6 Å². The van der Waals surface area contributed by atoms with Gasteiger partial charge >= 0.3 is 0 Å². The number of aromatic nitrogens is 4. The standard InChI is InChI=1S/C10H11Cl2N5O3/c11-7-6(19)4(1-18)20-10(7,12)17-3-16-5-8(13)14-2-15-9(5)17/h2-4,6-7,18-19H,1H2,(H2,13,14,15)/t4-,6-,7-,10+/m1/s1. The molecule has 1 aliphatic heterocycles. The number of nitrogens with zero attached hydrogens (tertiary/aromatic N) is 4. The van der Waals surface area contributed by atoms with E-state index >= 15 is 0 Å². The molecule has 0 aromatic carbocycles. The molecule has 10 heteroatoms. The van der Waals surface area contributed by atoms with Crippen molar-refractivity contribution in [1.29, 1.82) is 0 Å². The molecular weight excluding hydrogens is 309 g/mol. The average Bonchev–Trinajstić information content (AvgIpc) is 2.96. The molecule has 3 rings (SSSR count). The Hall–Kier alpha value is -1.19. The van der Waals surface area contributed by atoms with E-state index in [-0.39, 0.29) is 5.82 Å². The smallest absolute Gasteiger partial charge is 0.245 e. The Morgan fingerprint density at radius 1 is 1.45 bits per heavy atom. The first-order chi connectivity index (χ1) is 9.49. The second-order valence-corrected chi connectivity index (χ2v) is 5.40. The molecule has 20 heavy (non-hydrogen) atoms. The van der Waals surface area contributed by atoms with Crippen LogP contribution in [-0.4, -0.2) is 53.9 Å². The number of alkyl halides is 2. The Kier molecular flexibility index (Phi) is 3.22. The molecule has 0 spiro atoms. The number of rotatable bonds is 2. The molecule has 1 aliphatic rings. The van der Waals surface area contributed by atoms with Gasteiger partial charge in [-0.3, -0.25) is 4.57 Å². The molecule has 3 heterocycles. The van der Waals surface area contributed by atoms with Crippen LogP contribution >= 0.6 is 23.2 Å². The Balaban J connectivity index is 2.13. The molecule has 108 valence electrons. The SMILES string of the molecule is Nc1ncnc2c1ncn2[C@]1(Cl)O[C@H](CO)[C@@H](O)[C@H]1Cl. The van der Waals surface area contributed by atoms with Gasteiger partial charge in [0.05, 0.1) is 6.61 Å². The number of nitrogens with two attached hydrogens (primary N) is 1. The zero-order chi connectivity index (χ0) is 14.5. The molecule has 4 atom stereocenters. The van der Waals surface area contributed by atoms with E-state index in [0.717, 1.165) is 0 Å². The van der Waals surface area contributed by atoms with Crippen molar-refractivity contribution < 1.29 is 14.9 Å². The van der Waals surface area contributed by atoms with Gasteiger partial charge in [0.15, 0.2) is 11.5 Å². The van der Waals surface area contributed by atoms with Crippen molar-refractivity contribution in [2.24, 2.45) is 0 Å². The zero-order valence-electron chi connectivity index (χ0n) is 10.0. The maximum atomic E-state index is 9.93. The number of aliphatic hydroxyl groups excluding tert-OH is 2. The lowest BCUT2D eigenvalue weighted by molar-refractivity contribution is -0.0654. The maximum Gasteiger partial charge on any atom is 0.245 e. The van der Waals surface area contributed by atoms with Crippen LogP contribution in [-0.2, 0) is 9.92 Å². The van der Waals surface area contributed by atoms with E-state index in [1.807, 2.05) is 0 Å². The lowest BCUT2D eigenvalue weighted by Crippen LogP contribution is -2.37. The van der Waals surface area contributed by atoms with Crippen LogP contribution in [0.15, 0.2) is 12.7 Å². The molecule has 4 N–H and O–H groups in total. The van der Waals surface area contributed by atoms with Gasteiger partial charge in [-0.05, 0) is 0 Å². The molecule has 0 bridgehead atoms. The van der Waals surface area contributed by atoms with Crippen LogP contribution in [0.25, 0.3) is 11.2 Å². The highest BCUT2D eigenvalue weighted by atomic mass is 35.5. The topological polar surface area (TPSA) is 119 Å². The first-order valence-electron chi connectivity index (χ1n) is 5.72. The molecule has 1 saturated heterocycles. The number of nitrogen functional groups attached to an aromatic ring is 1. The van der Waals surface area contributed by atoms with Crippen molar-refractivity contribution in [1.82, 2.24) is 19.5 Å². The lowest BCUT2D eigenvalue weighted by atomic mass is 10.2. The summed E-state index contributed by atoms with van der Waals surface area (Å²) in [5.41, 5.74) is 6.37. The van der Waals surface area contributed by atoms with E-state index in [9.17, 15) is 5.11 Å². The largest absolute Gasteiger partial charge is 0.394 e. The quantitative estimate of drug-likeness (QED) is 0.645. The van der Waals surface area contributed by atoms with E-state index in [0.29, 0.717) is 11.2 Å². The van der Waals surface area contributed by atoms with Gasteiger partial charge in [-0.2, -0.15) is 0 Å². The fraction of sp³-hybridized carbons (Fsp3) is 0.500. The molecule has 8 nitrogen and oxygen atoms in total. The van der Waals surface area contributed by atoms with E-state index in [1.54, 1.807) is 0 Å². The fourth-order valence-corrected chi connectivity index (χ4v) is 2.84. The van der Waals surface area contributed by atoms with Gasteiger partial charge in [0, 0.05) is 0 Å². The van der Waals surface area contributed by atoms with Crippen LogP contribution in [0.5, 0.6) is 0 Å². The minimum absolute atomic E-state index is 0.192. The third-order valence-electron chi connectivity index (χ3n) is 3.21. The predicted octanol–water partition coefficient (Wildman–Crippen LogP) is -0.383. The van der Waals surface area contributed by atoms with Gasteiger partial charge < -0.3 is 20.7 Å². The maximum absolute atomic E-state index is 9.93. The first kappa shape index (κ1) is 13.8. The van der Waals surface area contributed by atoms with Gasteiger partial charge in [-0.25, -0.2) is 15.0 Å². The number of aliphatic hydroxyl groups is 2. The molecule has 1 fully saturated rings. The average molecular weight is 320 g/mol. The second-order valence-electron chi connectivity index (χ2n) is 4.39. The van der Waals surface area contributed by atoms with Crippen LogP contribution in [0.2, 0.25) is 0 Å². The van der Waals surface area contributed by atoms with E-state index in [4.69, 9.17) is 38.8 Å². The Labute approximate surface area is 123 Å². The van der Waals surface area contributed by atoms with Gasteiger partial charge in [0.1, 0.15) is 35.8 Å². The summed E-state index contributed by atoms with van der Waals surface area (Å²) in [6.07, 6.45) is 0.584. The highest BCUT2D eigenvalue weighted by Crippen LogP contribution is 2.43. The minimum atomic E-state index is -1.62. The minimum Gasteiger partial charge on any atom is -0.394 e. The molecular formula is C10H11Cl2N5O3. The van der Waals surface area contributed by atoms with E-state index < -0.39 is 29.4 Å². The summed E-state index contributed by atoms with van der Waals surface area (Å²) in [6, 6.07) is 0. The highest BCUT2D eigenvalue weighted by molar-refractivity contribution is 6.31. The molecule has 2 aromatic heterocycles. The number of anilines is 1.